The third-order valence-electron chi connectivity index (χ3n) is 15.2. The molecule has 0 spiro atoms. The molecule has 36 heteroatoms. The Morgan fingerprint density at radius 2 is 0.720 bits per heavy atom. The molecule has 2 amide bonds. The maximum absolute atomic E-state index is 12.9. The Kier molecular flexibility index (Phi) is 23.5. The van der Waals surface area contributed by atoms with E-state index >= 15 is 0 Å². The lowest BCUT2D eigenvalue weighted by Crippen LogP contribution is -2.71. The van der Waals surface area contributed by atoms with E-state index in [9.17, 15) is 107 Å². The van der Waals surface area contributed by atoms with Crippen LogP contribution in [0.3, 0.4) is 0 Å². The van der Waals surface area contributed by atoms with Gasteiger partial charge in [-0.2, -0.15) is 0 Å². The summed E-state index contributed by atoms with van der Waals surface area (Å²) < 4.78 is 75.6. The van der Waals surface area contributed by atoms with Gasteiger partial charge in [0.2, 0.25) is 11.8 Å². The predicted octanol–water partition coefficient (Wildman–Crippen LogP) is -13.9. The van der Waals surface area contributed by atoms with Crippen molar-refractivity contribution < 1.29 is 168 Å². The van der Waals surface area contributed by atoms with Gasteiger partial charge in [0.15, 0.2) is 44.0 Å². The van der Waals surface area contributed by atoms with Crippen molar-refractivity contribution in [2.45, 2.75) is 243 Å². The van der Waals surface area contributed by atoms with Crippen LogP contribution in [0.4, 0.5) is 0 Å². The topological polar surface area (TPSA) is 563 Å². The summed E-state index contributed by atoms with van der Waals surface area (Å²) in [6, 6.07) is -3.61. The van der Waals surface area contributed by atoms with Gasteiger partial charge in [-0.05, 0) is 13.8 Å². The number of carbonyl (C=O) groups is 2. The first-order valence-corrected chi connectivity index (χ1v) is 26.3. The Morgan fingerprint density at radius 1 is 0.341 bits per heavy atom. The van der Waals surface area contributed by atoms with E-state index in [1.54, 1.807) is 0 Å². The number of aliphatic hydroxyl groups is 19. The first-order chi connectivity index (χ1) is 38.6. The minimum atomic E-state index is -2.15. The molecule has 21 N–H and O–H groups in total. The highest BCUT2D eigenvalue weighted by Gasteiger charge is 2.58. The third kappa shape index (κ3) is 14.5. The standard InChI is InChI=1S/C46H78N2O34/c1-10-21(54)26(59)32(65)44(72-10)82-39-20(48-13(4)53)40(69)74-18(9-71-42-35(68)30(63)36(11(2)73-42)79-45-33(66)28(61)23(56)15(6-50)76-45)38(39)81-41-19(47-12(3)52)25(58)37(16(7-51)77-41)80-46-34(67)29(62)24(57)17(78-46)8-70-43-31(64)27(60)22(55)14(5-49)75-43/h10-11,14-46,49-51,54-69H,5-9H2,1-4H3,(H,47,52)(H,48,53)/t10-,11-,14+,15+,16+,17+,18+,19+,20+,21+,22+,23-,24+,25+,26+,27-,28-,29-,30-,31-,32-,33+,34-,35-,36+,37+,38+,39+,40+,41-,42+,43-,44-,45-,46-/m0/s1. The maximum atomic E-state index is 12.9. The van der Waals surface area contributed by atoms with Gasteiger partial charge in [-0.15, -0.1) is 0 Å². The highest BCUT2D eigenvalue weighted by atomic mass is 16.8. The molecule has 82 heavy (non-hydrogen) atoms. The average Bonchev–Trinajstić information content (AvgIpc) is 2.87. The molecule has 0 unspecified atom stereocenters. The summed E-state index contributed by atoms with van der Waals surface area (Å²) in [5, 5.41) is 208. The van der Waals surface area contributed by atoms with E-state index in [2.05, 4.69) is 10.6 Å². The van der Waals surface area contributed by atoms with Gasteiger partial charge in [-0.25, -0.2) is 0 Å². The summed E-state index contributed by atoms with van der Waals surface area (Å²) in [5.74, 6) is -1.72. The summed E-state index contributed by atoms with van der Waals surface area (Å²) >= 11 is 0. The molecule has 0 saturated carbocycles. The number of carbonyl (C=O) groups excluding carboxylic acids is 2. The van der Waals surface area contributed by atoms with Gasteiger partial charge in [0.25, 0.3) is 0 Å². The van der Waals surface area contributed by atoms with Gasteiger partial charge in [0.1, 0.15) is 159 Å². The van der Waals surface area contributed by atoms with Gasteiger partial charge < -0.3 is 169 Å². The zero-order valence-corrected chi connectivity index (χ0v) is 44.4. The van der Waals surface area contributed by atoms with Crippen molar-refractivity contribution in [2.24, 2.45) is 0 Å². The number of amides is 2. The van der Waals surface area contributed by atoms with Crippen molar-refractivity contribution in [3.05, 3.63) is 0 Å². The van der Waals surface area contributed by atoms with E-state index < -0.39 is 260 Å². The van der Waals surface area contributed by atoms with E-state index in [4.69, 9.17) is 61.6 Å². The predicted molar refractivity (Wildman–Crippen MR) is 252 cm³/mol. The number of nitrogens with one attached hydrogen (secondary N) is 2. The molecule has 0 aromatic rings. The van der Waals surface area contributed by atoms with E-state index in [0.717, 1.165) is 13.8 Å². The van der Waals surface area contributed by atoms with Crippen LogP contribution in [-0.4, -0.2) is 357 Å². The van der Waals surface area contributed by atoms with Crippen LogP contribution in [0.5, 0.6) is 0 Å². The lowest BCUT2D eigenvalue weighted by Gasteiger charge is -2.51. The fourth-order valence-corrected chi connectivity index (χ4v) is 10.5. The Labute approximate surface area is 465 Å². The average molecular weight is 1200 g/mol. The van der Waals surface area contributed by atoms with Crippen LogP contribution in [0.2, 0.25) is 0 Å². The molecule has 7 saturated heterocycles. The minimum absolute atomic E-state index is 0.801. The van der Waals surface area contributed by atoms with Gasteiger partial charge >= 0.3 is 0 Å². The van der Waals surface area contributed by atoms with Crippen molar-refractivity contribution in [3.8, 4) is 0 Å². The molecule has 36 nitrogen and oxygen atoms in total. The second kappa shape index (κ2) is 28.7. The quantitative estimate of drug-likeness (QED) is 0.0571. The molecule has 7 fully saturated rings. The highest BCUT2D eigenvalue weighted by Crippen LogP contribution is 2.37. The molecular weight excluding hydrogens is 1120 g/mol. The molecular formula is C46H78N2O34. The Morgan fingerprint density at radius 3 is 1.26 bits per heavy atom. The zero-order valence-electron chi connectivity index (χ0n) is 44.4. The SMILES string of the molecule is CC(=O)N[C@@H]1[C@@H](O[C@@H]2O[C@@H](C)[C@@H](O)[C@@H](O)[C@@H]2O)[C@H](O[C@@H]2O[C@H](CO)[C@@H](O[C@@H]3O[C@H](CO[C@H]4O[C@H](CO)[C@@H](O)[C@H](O)[C@@H]4O)[C@@H](O)[C@H](O)[C@@H]3O)[C@H](O)[C@H]2NC(C)=O)[C@@H](CO[C@@H]2O[C@@H](C)[C@@H](O[C@@H]3O[C@H](CO)[C@H](O)[C@H](O)[C@H]3O)[C@@H](O)[C@@H]2O)O[C@H]1O. The third-order valence-corrected chi connectivity index (χ3v) is 15.2. The summed E-state index contributed by atoms with van der Waals surface area (Å²) in [5.41, 5.74) is 0. The van der Waals surface area contributed by atoms with E-state index in [0.29, 0.717) is 0 Å². The number of hydrogen-bond donors (Lipinski definition) is 21. The molecule has 0 aromatic carbocycles. The normalized spacial score (nSPS) is 51.3. The Bertz CT molecular complexity index is 2030. The van der Waals surface area contributed by atoms with Crippen LogP contribution < -0.4 is 10.6 Å². The maximum Gasteiger partial charge on any atom is 0.217 e. The largest absolute Gasteiger partial charge is 0.394 e. The number of ether oxygens (including phenoxy) is 13. The Balaban J connectivity index is 1.15. The van der Waals surface area contributed by atoms with Crippen LogP contribution in [0, 0.1) is 0 Å². The monoisotopic (exact) mass is 1200 g/mol. The molecule has 0 aliphatic carbocycles. The Hall–Kier alpha value is -2.34. The molecule has 7 rings (SSSR count). The molecule has 7 aliphatic heterocycles. The number of rotatable bonds is 19. The van der Waals surface area contributed by atoms with Crippen LogP contribution >= 0.6 is 0 Å². The molecule has 0 radical (unpaired) electrons. The molecule has 7 aliphatic rings. The van der Waals surface area contributed by atoms with Crippen molar-refractivity contribution >= 4 is 11.8 Å². The van der Waals surface area contributed by atoms with E-state index in [-0.39, 0.29) is 0 Å². The van der Waals surface area contributed by atoms with Crippen molar-refractivity contribution in [2.75, 3.05) is 33.0 Å². The van der Waals surface area contributed by atoms with E-state index in [1.807, 2.05) is 0 Å². The molecule has 35 atom stereocenters. The first-order valence-electron chi connectivity index (χ1n) is 26.3. The number of hydrogen-bond acceptors (Lipinski definition) is 34. The van der Waals surface area contributed by atoms with Crippen LogP contribution in [-0.2, 0) is 71.2 Å². The molecule has 7 heterocycles. The summed E-state index contributed by atoms with van der Waals surface area (Å²) in [4.78, 5) is 25.7. The van der Waals surface area contributed by atoms with Gasteiger partial charge in [0.05, 0.1) is 45.2 Å². The van der Waals surface area contributed by atoms with Gasteiger partial charge in [-0.1, -0.05) is 0 Å². The lowest BCUT2D eigenvalue weighted by atomic mass is 9.93. The molecule has 0 bridgehead atoms. The summed E-state index contributed by atoms with van der Waals surface area (Å²) in [6.07, 6.45) is -60.5. The minimum Gasteiger partial charge on any atom is -0.394 e. The zero-order chi connectivity index (χ0) is 60.5. The number of aliphatic hydroxyl groups excluding tert-OH is 19. The fraction of sp³-hybridized carbons (Fsp3) is 0.957. The summed E-state index contributed by atoms with van der Waals surface area (Å²) in [6.45, 7) is 0.218. The molecule has 0 aromatic heterocycles. The van der Waals surface area contributed by atoms with Crippen molar-refractivity contribution in [1.29, 1.82) is 0 Å². The van der Waals surface area contributed by atoms with Crippen LogP contribution in [0.1, 0.15) is 27.7 Å². The van der Waals surface area contributed by atoms with E-state index in [1.165, 1.54) is 13.8 Å². The highest BCUT2D eigenvalue weighted by molar-refractivity contribution is 5.73. The smallest absolute Gasteiger partial charge is 0.217 e. The lowest BCUT2D eigenvalue weighted by molar-refractivity contribution is -0.380. The first kappa shape index (κ1) is 67.2. The van der Waals surface area contributed by atoms with Gasteiger partial charge in [-0.3, -0.25) is 9.59 Å². The second-order valence-corrected chi connectivity index (χ2v) is 21.1. The molecule has 476 valence electrons. The van der Waals surface area contributed by atoms with Crippen molar-refractivity contribution in [1.82, 2.24) is 10.6 Å². The second-order valence-electron chi connectivity index (χ2n) is 21.1. The van der Waals surface area contributed by atoms with Crippen LogP contribution in [0.25, 0.3) is 0 Å². The summed E-state index contributed by atoms with van der Waals surface area (Å²) in [7, 11) is 0. The van der Waals surface area contributed by atoms with Gasteiger partial charge in [0, 0.05) is 13.8 Å². The van der Waals surface area contributed by atoms with Crippen molar-refractivity contribution in [3.63, 3.8) is 0 Å². The fourth-order valence-electron chi connectivity index (χ4n) is 10.5. The van der Waals surface area contributed by atoms with Crippen LogP contribution in [0.15, 0.2) is 0 Å².